The predicted molar refractivity (Wildman–Crippen MR) is 81.8 cm³/mol. The van der Waals surface area contributed by atoms with Crippen molar-refractivity contribution in [2.24, 2.45) is 5.92 Å². The number of carbonyl (C=O) groups excluding carboxylic acids is 1. The smallest absolute Gasteiger partial charge is 0.228 e. The lowest BCUT2D eigenvalue weighted by atomic mass is 9.98. The van der Waals surface area contributed by atoms with E-state index in [1.54, 1.807) is 6.33 Å². The number of aromatic amines is 1. The SMILES string of the molecule is Cc1[nH]cnc1CC(=O)N1CCC(Cc2cc(F)cc(F)c2)C1. The van der Waals surface area contributed by atoms with Crippen LogP contribution in [0.1, 0.15) is 23.4 Å². The van der Waals surface area contributed by atoms with Crippen molar-refractivity contribution in [3.63, 3.8) is 0 Å². The van der Waals surface area contributed by atoms with Crippen molar-refractivity contribution < 1.29 is 13.6 Å². The lowest BCUT2D eigenvalue weighted by molar-refractivity contribution is -0.129. The zero-order valence-corrected chi connectivity index (χ0v) is 13.0. The molecule has 1 aliphatic rings. The molecule has 4 nitrogen and oxygen atoms in total. The van der Waals surface area contributed by atoms with Crippen LogP contribution < -0.4 is 0 Å². The summed E-state index contributed by atoms with van der Waals surface area (Å²) in [6.45, 7) is 3.20. The molecular formula is C17H19F2N3O. The Hall–Kier alpha value is -2.24. The highest BCUT2D eigenvalue weighted by Gasteiger charge is 2.27. The zero-order valence-electron chi connectivity index (χ0n) is 13.0. The van der Waals surface area contributed by atoms with Gasteiger partial charge in [-0.3, -0.25) is 4.79 Å². The third-order valence-electron chi connectivity index (χ3n) is 4.34. The van der Waals surface area contributed by atoms with Gasteiger partial charge < -0.3 is 9.88 Å². The number of amides is 1. The maximum atomic E-state index is 13.2. The Kier molecular flexibility index (Phi) is 4.41. The van der Waals surface area contributed by atoms with Crippen molar-refractivity contribution in [3.05, 3.63) is 53.1 Å². The standard InChI is InChI=1S/C17H19F2N3O/c1-11-16(21-10-20-11)8-17(23)22-3-2-12(9-22)4-13-5-14(18)7-15(19)6-13/h5-7,10,12H,2-4,8-9H2,1H3,(H,20,21). The number of benzene rings is 1. The Balaban J connectivity index is 1.57. The van der Waals surface area contributed by atoms with Gasteiger partial charge in [-0.1, -0.05) is 0 Å². The van der Waals surface area contributed by atoms with Crippen molar-refractivity contribution in [1.82, 2.24) is 14.9 Å². The molecule has 2 aromatic rings. The Morgan fingerprint density at radius 3 is 2.74 bits per heavy atom. The van der Waals surface area contributed by atoms with E-state index >= 15 is 0 Å². The molecule has 1 saturated heterocycles. The third kappa shape index (κ3) is 3.75. The number of likely N-dealkylation sites (tertiary alicyclic amines) is 1. The zero-order chi connectivity index (χ0) is 16.4. The van der Waals surface area contributed by atoms with Crippen molar-refractivity contribution in [2.75, 3.05) is 13.1 Å². The van der Waals surface area contributed by atoms with Crippen LogP contribution in [-0.2, 0) is 17.6 Å². The van der Waals surface area contributed by atoms with Crippen molar-refractivity contribution >= 4 is 5.91 Å². The quantitative estimate of drug-likeness (QED) is 0.942. The molecule has 1 fully saturated rings. The molecule has 0 saturated carbocycles. The van der Waals surface area contributed by atoms with E-state index in [0.29, 0.717) is 25.1 Å². The van der Waals surface area contributed by atoms with Gasteiger partial charge in [-0.25, -0.2) is 13.8 Å². The number of imidazole rings is 1. The minimum Gasteiger partial charge on any atom is -0.348 e. The molecule has 6 heteroatoms. The van der Waals surface area contributed by atoms with Gasteiger partial charge in [-0.15, -0.1) is 0 Å². The largest absolute Gasteiger partial charge is 0.348 e. The fourth-order valence-corrected chi connectivity index (χ4v) is 3.11. The molecule has 1 unspecified atom stereocenters. The highest BCUT2D eigenvalue weighted by Crippen LogP contribution is 2.22. The molecule has 1 aliphatic heterocycles. The van der Waals surface area contributed by atoms with Crippen LogP contribution in [0.3, 0.4) is 0 Å². The number of halogens is 2. The van der Waals surface area contributed by atoms with Crippen LogP contribution in [0.15, 0.2) is 24.5 Å². The monoisotopic (exact) mass is 319 g/mol. The number of H-pyrrole nitrogens is 1. The lowest BCUT2D eigenvalue weighted by Crippen LogP contribution is -2.30. The number of nitrogens with zero attached hydrogens (tertiary/aromatic N) is 2. The highest BCUT2D eigenvalue weighted by molar-refractivity contribution is 5.78. The Labute approximate surface area is 133 Å². The Bertz CT molecular complexity index is 693. The molecule has 0 bridgehead atoms. The van der Waals surface area contributed by atoms with E-state index in [2.05, 4.69) is 9.97 Å². The normalized spacial score (nSPS) is 17.7. The first-order valence-electron chi connectivity index (χ1n) is 7.73. The van der Waals surface area contributed by atoms with Gasteiger partial charge in [0.15, 0.2) is 0 Å². The van der Waals surface area contributed by atoms with Gasteiger partial charge in [0.05, 0.1) is 18.4 Å². The molecular weight excluding hydrogens is 300 g/mol. The molecule has 2 heterocycles. The summed E-state index contributed by atoms with van der Waals surface area (Å²) >= 11 is 0. The second kappa shape index (κ2) is 6.48. The van der Waals surface area contributed by atoms with E-state index < -0.39 is 11.6 Å². The highest BCUT2D eigenvalue weighted by atomic mass is 19.1. The van der Waals surface area contributed by atoms with Crippen LogP contribution in [-0.4, -0.2) is 33.9 Å². The Morgan fingerprint density at radius 2 is 2.09 bits per heavy atom. The van der Waals surface area contributed by atoms with E-state index in [1.165, 1.54) is 12.1 Å². The van der Waals surface area contributed by atoms with E-state index in [4.69, 9.17) is 0 Å². The molecule has 1 amide bonds. The summed E-state index contributed by atoms with van der Waals surface area (Å²) in [5.41, 5.74) is 2.32. The molecule has 1 N–H and O–H groups in total. The minimum absolute atomic E-state index is 0.0492. The lowest BCUT2D eigenvalue weighted by Gasteiger charge is -2.16. The number of nitrogens with one attached hydrogen (secondary N) is 1. The summed E-state index contributed by atoms with van der Waals surface area (Å²) in [6, 6.07) is 3.60. The summed E-state index contributed by atoms with van der Waals surface area (Å²) in [6.07, 6.45) is 3.31. The third-order valence-corrected chi connectivity index (χ3v) is 4.34. The number of hydrogen-bond donors (Lipinski definition) is 1. The molecule has 0 aliphatic carbocycles. The number of aryl methyl sites for hydroxylation is 1. The molecule has 23 heavy (non-hydrogen) atoms. The molecule has 0 radical (unpaired) electrons. The van der Waals surface area contributed by atoms with Gasteiger partial charge in [-0.2, -0.15) is 0 Å². The van der Waals surface area contributed by atoms with E-state index in [9.17, 15) is 13.6 Å². The van der Waals surface area contributed by atoms with Crippen LogP contribution in [0.5, 0.6) is 0 Å². The summed E-state index contributed by atoms with van der Waals surface area (Å²) < 4.78 is 26.5. The van der Waals surface area contributed by atoms with E-state index in [-0.39, 0.29) is 18.2 Å². The van der Waals surface area contributed by atoms with Crippen LogP contribution in [0.4, 0.5) is 8.78 Å². The van der Waals surface area contributed by atoms with Crippen LogP contribution in [0.2, 0.25) is 0 Å². The first-order chi connectivity index (χ1) is 11.0. The number of hydrogen-bond acceptors (Lipinski definition) is 2. The van der Waals surface area contributed by atoms with Gasteiger partial charge >= 0.3 is 0 Å². The summed E-state index contributed by atoms with van der Waals surface area (Å²) in [7, 11) is 0. The maximum absolute atomic E-state index is 13.2. The first kappa shape index (κ1) is 15.6. The second-order valence-electron chi connectivity index (χ2n) is 6.13. The average molecular weight is 319 g/mol. The minimum atomic E-state index is -0.556. The van der Waals surface area contributed by atoms with Gasteiger partial charge in [-0.05, 0) is 43.4 Å². The number of carbonyl (C=O) groups is 1. The fraction of sp³-hybridized carbons (Fsp3) is 0.412. The predicted octanol–water partition coefficient (Wildman–Crippen LogP) is 2.63. The maximum Gasteiger partial charge on any atom is 0.228 e. The van der Waals surface area contributed by atoms with Crippen molar-refractivity contribution in [2.45, 2.75) is 26.2 Å². The van der Waals surface area contributed by atoms with Crippen molar-refractivity contribution in [3.8, 4) is 0 Å². The second-order valence-corrected chi connectivity index (χ2v) is 6.13. The van der Waals surface area contributed by atoms with Gasteiger partial charge in [0.1, 0.15) is 11.6 Å². The number of aromatic nitrogens is 2. The van der Waals surface area contributed by atoms with Crippen LogP contribution >= 0.6 is 0 Å². The van der Waals surface area contributed by atoms with E-state index in [0.717, 1.165) is 23.9 Å². The van der Waals surface area contributed by atoms with Crippen LogP contribution in [0, 0.1) is 24.5 Å². The summed E-state index contributed by atoms with van der Waals surface area (Å²) in [5, 5.41) is 0. The van der Waals surface area contributed by atoms with Gasteiger partial charge in [0, 0.05) is 24.8 Å². The first-order valence-corrected chi connectivity index (χ1v) is 7.73. The molecule has 1 aromatic carbocycles. The van der Waals surface area contributed by atoms with Crippen LogP contribution in [0.25, 0.3) is 0 Å². The van der Waals surface area contributed by atoms with Crippen molar-refractivity contribution in [1.29, 1.82) is 0 Å². The average Bonchev–Trinajstić information content (AvgIpc) is 3.08. The molecule has 1 atom stereocenters. The number of rotatable bonds is 4. The fourth-order valence-electron chi connectivity index (χ4n) is 3.11. The topological polar surface area (TPSA) is 49.0 Å². The summed E-state index contributed by atoms with van der Waals surface area (Å²) in [4.78, 5) is 21.2. The summed E-state index contributed by atoms with van der Waals surface area (Å²) in [5.74, 6) is -0.826. The Morgan fingerprint density at radius 1 is 1.35 bits per heavy atom. The molecule has 3 rings (SSSR count). The molecule has 1 aromatic heterocycles. The van der Waals surface area contributed by atoms with Gasteiger partial charge in [0.2, 0.25) is 5.91 Å². The molecule has 122 valence electrons. The van der Waals surface area contributed by atoms with E-state index in [1.807, 2.05) is 11.8 Å². The van der Waals surface area contributed by atoms with Gasteiger partial charge in [0.25, 0.3) is 0 Å². The molecule has 0 spiro atoms.